The fourth-order valence-corrected chi connectivity index (χ4v) is 3.32. The number of rotatable bonds is 4. The van der Waals surface area contributed by atoms with Crippen LogP contribution in [0.3, 0.4) is 0 Å². The molecule has 0 radical (unpaired) electrons. The van der Waals surface area contributed by atoms with E-state index >= 15 is 0 Å². The van der Waals surface area contributed by atoms with Crippen molar-refractivity contribution in [1.29, 1.82) is 0 Å². The average molecular weight is 352 g/mol. The summed E-state index contributed by atoms with van der Waals surface area (Å²) >= 11 is 0. The van der Waals surface area contributed by atoms with Crippen LogP contribution in [0, 0.1) is 5.41 Å². The minimum absolute atomic E-state index is 0.188. The fraction of sp³-hybridized carbons (Fsp3) is 0.318. The summed E-state index contributed by atoms with van der Waals surface area (Å²) in [5.41, 5.74) is 2.30. The molecule has 4 heteroatoms. The highest BCUT2D eigenvalue weighted by Crippen LogP contribution is 2.52. The zero-order valence-corrected chi connectivity index (χ0v) is 15.6. The molecule has 0 saturated carbocycles. The molecule has 2 aromatic carbocycles. The number of carbonyl (C=O) groups is 1. The molecule has 1 atom stereocenters. The molecule has 0 aliphatic carbocycles. The Morgan fingerprint density at radius 2 is 1.69 bits per heavy atom. The molecule has 1 unspecified atom stereocenters. The van der Waals surface area contributed by atoms with Gasteiger partial charge in [0.2, 0.25) is 5.79 Å². The molecule has 4 nitrogen and oxygen atoms in total. The van der Waals surface area contributed by atoms with Crippen molar-refractivity contribution in [2.45, 2.75) is 26.1 Å². The van der Waals surface area contributed by atoms with E-state index in [1.54, 1.807) is 19.2 Å². The third kappa shape index (κ3) is 3.37. The SMILES string of the molecule is COC(=O)c1ccc(/C=C2\OC(OC)(c3ccccc3)CC2(C)C)cc1. The zero-order chi connectivity index (χ0) is 18.8. The normalized spacial score (nSPS) is 22.8. The van der Waals surface area contributed by atoms with E-state index in [0.717, 1.165) is 16.9 Å². The summed E-state index contributed by atoms with van der Waals surface area (Å²) < 4.78 is 16.9. The van der Waals surface area contributed by atoms with Crippen LogP contribution in [0.25, 0.3) is 6.08 Å². The van der Waals surface area contributed by atoms with Crippen LogP contribution in [0.2, 0.25) is 0 Å². The largest absolute Gasteiger partial charge is 0.465 e. The maximum absolute atomic E-state index is 11.6. The lowest BCUT2D eigenvalue weighted by atomic mass is 9.84. The van der Waals surface area contributed by atoms with Crippen molar-refractivity contribution >= 4 is 12.0 Å². The average Bonchev–Trinajstić information content (AvgIpc) is 2.93. The van der Waals surface area contributed by atoms with Crippen molar-refractivity contribution < 1.29 is 19.0 Å². The smallest absolute Gasteiger partial charge is 0.337 e. The molecule has 1 aliphatic rings. The number of ether oxygens (including phenoxy) is 3. The van der Waals surface area contributed by atoms with Crippen LogP contribution in [0.15, 0.2) is 60.4 Å². The molecule has 1 heterocycles. The molecular weight excluding hydrogens is 328 g/mol. The molecule has 1 fully saturated rings. The van der Waals surface area contributed by atoms with Gasteiger partial charge >= 0.3 is 5.97 Å². The predicted octanol–water partition coefficient (Wildman–Crippen LogP) is 4.76. The molecule has 0 aromatic heterocycles. The first kappa shape index (κ1) is 18.2. The van der Waals surface area contributed by atoms with E-state index in [1.807, 2.05) is 48.5 Å². The molecule has 0 amide bonds. The summed E-state index contributed by atoms with van der Waals surface area (Å²) in [5.74, 6) is -0.277. The van der Waals surface area contributed by atoms with Crippen LogP contribution < -0.4 is 0 Å². The lowest BCUT2D eigenvalue weighted by molar-refractivity contribution is -0.186. The van der Waals surface area contributed by atoms with Gasteiger partial charge in [-0.15, -0.1) is 0 Å². The second-order valence-electron chi connectivity index (χ2n) is 7.11. The molecule has 2 aromatic rings. The Labute approximate surface area is 154 Å². The van der Waals surface area contributed by atoms with Crippen LogP contribution in [0.5, 0.6) is 0 Å². The number of hydrogen-bond donors (Lipinski definition) is 0. The Morgan fingerprint density at radius 1 is 1.04 bits per heavy atom. The second kappa shape index (κ2) is 6.96. The Kier molecular flexibility index (Phi) is 4.88. The minimum Gasteiger partial charge on any atom is -0.465 e. The molecule has 136 valence electrons. The predicted molar refractivity (Wildman–Crippen MR) is 100 cm³/mol. The molecule has 0 N–H and O–H groups in total. The first-order chi connectivity index (χ1) is 12.4. The van der Waals surface area contributed by atoms with Gasteiger partial charge in [0, 0.05) is 24.5 Å². The van der Waals surface area contributed by atoms with Gasteiger partial charge < -0.3 is 14.2 Å². The number of hydrogen-bond acceptors (Lipinski definition) is 4. The second-order valence-corrected chi connectivity index (χ2v) is 7.11. The van der Waals surface area contributed by atoms with E-state index in [1.165, 1.54) is 7.11 Å². The van der Waals surface area contributed by atoms with E-state index in [-0.39, 0.29) is 11.4 Å². The summed E-state index contributed by atoms with van der Waals surface area (Å²) in [6.45, 7) is 4.29. The quantitative estimate of drug-likeness (QED) is 0.744. The summed E-state index contributed by atoms with van der Waals surface area (Å²) in [6, 6.07) is 17.3. The lowest BCUT2D eigenvalue weighted by Gasteiger charge is -2.27. The van der Waals surface area contributed by atoms with Gasteiger partial charge in [-0.3, -0.25) is 0 Å². The van der Waals surface area contributed by atoms with E-state index in [2.05, 4.69) is 13.8 Å². The van der Waals surface area contributed by atoms with Gasteiger partial charge in [-0.1, -0.05) is 56.3 Å². The van der Waals surface area contributed by atoms with Crippen molar-refractivity contribution in [2.24, 2.45) is 5.41 Å². The van der Waals surface area contributed by atoms with Crippen LogP contribution >= 0.6 is 0 Å². The molecule has 1 saturated heterocycles. The fourth-order valence-electron chi connectivity index (χ4n) is 3.32. The van der Waals surface area contributed by atoms with E-state index in [0.29, 0.717) is 12.0 Å². The number of benzene rings is 2. The van der Waals surface area contributed by atoms with Crippen molar-refractivity contribution in [3.8, 4) is 0 Å². The van der Waals surface area contributed by atoms with Gasteiger partial charge in [0.25, 0.3) is 0 Å². The van der Waals surface area contributed by atoms with Crippen LogP contribution in [-0.4, -0.2) is 20.2 Å². The van der Waals surface area contributed by atoms with E-state index in [9.17, 15) is 4.79 Å². The van der Waals surface area contributed by atoms with Crippen molar-refractivity contribution in [3.05, 3.63) is 77.0 Å². The van der Waals surface area contributed by atoms with Gasteiger partial charge in [-0.05, 0) is 23.8 Å². The van der Waals surface area contributed by atoms with Crippen molar-refractivity contribution in [1.82, 2.24) is 0 Å². The van der Waals surface area contributed by atoms with Crippen molar-refractivity contribution in [2.75, 3.05) is 14.2 Å². The maximum Gasteiger partial charge on any atom is 0.337 e. The van der Waals surface area contributed by atoms with Crippen LogP contribution in [-0.2, 0) is 20.0 Å². The highest BCUT2D eigenvalue weighted by molar-refractivity contribution is 5.89. The maximum atomic E-state index is 11.6. The summed E-state index contributed by atoms with van der Waals surface area (Å²) in [7, 11) is 3.05. The highest BCUT2D eigenvalue weighted by Gasteiger charge is 2.50. The van der Waals surface area contributed by atoms with E-state index in [4.69, 9.17) is 14.2 Å². The van der Waals surface area contributed by atoms with Gasteiger partial charge in [0.05, 0.1) is 12.7 Å². The Morgan fingerprint density at radius 3 is 2.27 bits per heavy atom. The third-order valence-corrected chi connectivity index (χ3v) is 4.79. The summed E-state index contributed by atoms with van der Waals surface area (Å²) in [6.07, 6.45) is 2.72. The first-order valence-corrected chi connectivity index (χ1v) is 8.60. The van der Waals surface area contributed by atoms with Gasteiger partial charge in [0.15, 0.2) is 0 Å². The van der Waals surface area contributed by atoms with Crippen LogP contribution in [0.1, 0.15) is 41.8 Å². The Hall–Kier alpha value is -2.59. The number of carbonyl (C=O) groups excluding carboxylic acids is 1. The minimum atomic E-state index is -0.789. The Bertz CT molecular complexity index is 806. The highest BCUT2D eigenvalue weighted by atomic mass is 16.7. The number of esters is 1. The zero-order valence-electron chi connectivity index (χ0n) is 15.6. The molecular formula is C22H24O4. The summed E-state index contributed by atoms with van der Waals surface area (Å²) in [4.78, 5) is 11.6. The number of methoxy groups -OCH3 is 2. The van der Waals surface area contributed by atoms with Gasteiger partial charge in [-0.2, -0.15) is 0 Å². The van der Waals surface area contributed by atoms with Crippen molar-refractivity contribution in [3.63, 3.8) is 0 Å². The van der Waals surface area contributed by atoms with Gasteiger partial charge in [0.1, 0.15) is 5.76 Å². The number of allylic oxidation sites excluding steroid dienone is 1. The van der Waals surface area contributed by atoms with E-state index < -0.39 is 5.79 Å². The summed E-state index contributed by atoms with van der Waals surface area (Å²) in [5, 5.41) is 0. The molecule has 1 aliphatic heterocycles. The lowest BCUT2D eigenvalue weighted by Crippen LogP contribution is -2.27. The molecule has 3 rings (SSSR count). The monoisotopic (exact) mass is 352 g/mol. The van der Waals surface area contributed by atoms with Gasteiger partial charge in [-0.25, -0.2) is 4.79 Å². The first-order valence-electron chi connectivity index (χ1n) is 8.60. The molecule has 26 heavy (non-hydrogen) atoms. The Balaban J connectivity index is 1.92. The molecule has 0 bridgehead atoms. The standard InChI is InChI=1S/C22H24O4/c1-21(2)15-22(25-4,18-8-6-5-7-9-18)26-19(21)14-16-10-12-17(13-11-16)20(23)24-3/h5-14H,15H2,1-4H3/b19-14-. The third-order valence-electron chi connectivity index (χ3n) is 4.79. The molecule has 0 spiro atoms. The van der Waals surface area contributed by atoms with Crippen LogP contribution in [0.4, 0.5) is 0 Å². The topological polar surface area (TPSA) is 44.8 Å².